The van der Waals surface area contributed by atoms with Crippen molar-refractivity contribution in [3.8, 4) is 5.75 Å². The van der Waals surface area contributed by atoms with Gasteiger partial charge in [0.25, 0.3) is 0 Å². The highest BCUT2D eigenvalue weighted by atomic mass is 16.5. The molecule has 0 saturated carbocycles. The summed E-state index contributed by atoms with van der Waals surface area (Å²) in [5, 5.41) is 3.43. The smallest absolute Gasteiger partial charge is 0.121 e. The van der Waals surface area contributed by atoms with Crippen LogP contribution in [0.1, 0.15) is 18.4 Å². The van der Waals surface area contributed by atoms with Gasteiger partial charge in [-0.15, -0.1) is 0 Å². The van der Waals surface area contributed by atoms with Gasteiger partial charge in [0.1, 0.15) is 5.75 Å². The van der Waals surface area contributed by atoms with E-state index < -0.39 is 0 Å². The molecule has 2 aliphatic heterocycles. The Morgan fingerprint density at radius 3 is 3.29 bits per heavy atom. The lowest BCUT2D eigenvalue weighted by molar-refractivity contribution is 0.167. The van der Waals surface area contributed by atoms with Gasteiger partial charge in [0.2, 0.25) is 0 Å². The molecule has 17 heavy (non-hydrogen) atoms. The van der Waals surface area contributed by atoms with Crippen molar-refractivity contribution < 1.29 is 9.47 Å². The maximum Gasteiger partial charge on any atom is 0.121 e. The molecule has 3 rings (SSSR count). The number of hydrogen-bond acceptors (Lipinski definition) is 3. The predicted octanol–water partition coefficient (Wildman–Crippen LogP) is 2.46. The Balaban J connectivity index is 1.62. The third kappa shape index (κ3) is 2.55. The van der Waals surface area contributed by atoms with Gasteiger partial charge in [-0.2, -0.15) is 0 Å². The van der Waals surface area contributed by atoms with Gasteiger partial charge in [0.05, 0.1) is 13.2 Å². The SMILES string of the molecule is c1cc2c(cc1OCC1CCOC1)NCCC2. The van der Waals surface area contributed by atoms with Crippen molar-refractivity contribution in [1.29, 1.82) is 0 Å². The molecule has 1 fully saturated rings. The average molecular weight is 233 g/mol. The fourth-order valence-electron chi connectivity index (χ4n) is 2.46. The van der Waals surface area contributed by atoms with E-state index in [9.17, 15) is 0 Å². The third-order valence-corrected chi connectivity index (χ3v) is 3.53. The van der Waals surface area contributed by atoms with Gasteiger partial charge >= 0.3 is 0 Å². The van der Waals surface area contributed by atoms with Crippen LogP contribution in [0, 0.1) is 5.92 Å². The molecule has 0 radical (unpaired) electrons. The largest absolute Gasteiger partial charge is 0.493 e. The second kappa shape index (κ2) is 4.96. The Labute approximate surface area is 102 Å². The molecule has 1 N–H and O–H groups in total. The lowest BCUT2D eigenvalue weighted by Crippen LogP contribution is -2.13. The van der Waals surface area contributed by atoms with Gasteiger partial charge in [-0.25, -0.2) is 0 Å². The van der Waals surface area contributed by atoms with E-state index in [4.69, 9.17) is 9.47 Å². The van der Waals surface area contributed by atoms with E-state index in [2.05, 4.69) is 23.5 Å². The zero-order chi connectivity index (χ0) is 11.5. The van der Waals surface area contributed by atoms with Crippen LogP contribution in [-0.4, -0.2) is 26.4 Å². The van der Waals surface area contributed by atoms with Crippen LogP contribution in [0.5, 0.6) is 5.75 Å². The molecule has 3 nitrogen and oxygen atoms in total. The van der Waals surface area contributed by atoms with Crippen LogP contribution in [-0.2, 0) is 11.2 Å². The summed E-state index contributed by atoms with van der Waals surface area (Å²) in [7, 11) is 0. The van der Waals surface area contributed by atoms with E-state index in [1.807, 2.05) is 0 Å². The zero-order valence-electron chi connectivity index (χ0n) is 10.1. The number of rotatable bonds is 3. The molecule has 1 saturated heterocycles. The van der Waals surface area contributed by atoms with Crippen LogP contribution in [0.2, 0.25) is 0 Å². The van der Waals surface area contributed by atoms with Gasteiger partial charge in [-0.05, 0) is 30.9 Å². The first-order valence-electron chi connectivity index (χ1n) is 6.49. The van der Waals surface area contributed by atoms with E-state index in [1.54, 1.807) is 0 Å². The van der Waals surface area contributed by atoms with Crippen molar-refractivity contribution >= 4 is 5.69 Å². The number of hydrogen-bond donors (Lipinski definition) is 1. The van der Waals surface area contributed by atoms with Crippen LogP contribution in [0.3, 0.4) is 0 Å². The number of ether oxygens (including phenoxy) is 2. The Kier molecular flexibility index (Phi) is 3.18. The van der Waals surface area contributed by atoms with E-state index in [0.29, 0.717) is 5.92 Å². The molecule has 1 unspecified atom stereocenters. The van der Waals surface area contributed by atoms with E-state index in [-0.39, 0.29) is 0 Å². The van der Waals surface area contributed by atoms with Crippen LogP contribution in [0.25, 0.3) is 0 Å². The van der Waals surface area contributed by atoms with Gasteiger partial charge < -0.3 is 14.8 Å². The van der Waals surface area contributed by atoms with Gasteiger partial charge in [-0.1, -0.05) is 6.07 Å². The zero-order valence-corrected chi connectivity index (χ0v) is 10.1. The summed E-state index contributed by atoms with van der Waals surface area (Å²) >= 11 is 0. The number of nitrogens with one attached hydrogen (secondary N) is 1. The Morgan fingerprint density at radius 2 is 2.41 bits per heavy atom. The van der Waals surface area contributed by atoms with Gasteiger partial charge in [0, 0.05) is 30.8 Å². The summed E-state index contributed by atoms with van der Waals surface area (Å²) in [6.45, 7) is 3.59. The molecular weight excluding hydrogens is 214 g/mol. The summed E-state index contributed by atoms with van der Waals surface area (Å²) in [4.78, 5) is 0. The molecule has 0 spiro atoms. The van der Waals surface area contributed by atoms with Crippen LogP contribution < -0.4 is 10.1 Å². The summed E-state index contributed by atoms with van der Waals surface area (Å²) in [5.74, 6) is 1.55. The monoisotopic (exact) mass is 233 g/mol. The van der Waals surface area contributed by atoms with Crippen LogP contribution in [0.4, 0.5) is 5.69 Å². The Hall–Kier alpha value is -1.22. The second-order valence-electron chi connectivity index (χ2n) is 4.89. The second-order valence-corrected chi connectivity index (χ2v) is 4.89. The molecule has 3 heteroatoms. The van der Waals surface area contributed by atoms with Crippen LogP contribution >= 0.6 is 0 Å². The molecule has 0 amide bonds. The fourth-order valence-corrected chi connectivity index (χ4v) is 2.46. The quantitative estimate of drug-likeness (QED) is 0.870. The standard InChI is InChI=1S/C14H19NO2/c1-2-12-3-4-13(8-14(12)15-6-1)17-10-11-5-7-16-9-11/h3-4,8,11,15H,1-2,5-7,9-10H2. The minimum Gasteiger partial charge on any atom is -0.493 e. The summed E-state index contributed by atoms with van der Waals surface area (Å²) < 4.78 is 11.2. The van der Waals surface area contributed by atoms with Crippen molar-refractivity contribution in [2.24, 2.45) is 5.92 Å². The maximum absolute atomic E-state index is 5.84. The number of anilines is 1. The molecule has 1 atom stereocenters. The number of fused-ring (bicyclic) bond motifs is 1. The van der Waals surface area contributed by atoms with Crippen molar-refractivity contribution in [3.05, 3.63) is 23.8 Å². The molecular formula is C14H19NO2. The molecule has 1 aromatic carbocycles. The molecule has 0 aromatic heterocycles. The predicted molar refractivity (Wildman–Crippen MR) is 67.7 cm³/mol. The van der Waals surface area contributed by atoms with Crippen molar-refractivity contribution in [2.45, 2.75) is 19.3 Å². The lowest BCUT2D eigenvalue weighted by Gasteiger charge is -2.19. The molecule has 0 aliphatic carbocycles. The van der Waals surface area contributed by atoms with E-state index >= 15 is 0 Å². The highest BCUT2D eigenvalue weighted by molar-refractivity contribution is 5.56. The van der Waals surface area contributed by atoms with E-state index in [0.717, 1.165) is 38.5 Å². The van der Waals surface area contributed by atoms with Crippen molar-refractivity contribution in [3.63, 3.8) is 0 Å². The highest BCUT2D eigenvalue weighted by Gasteiger charge is 2.16. The topological polar surface area (TPSA) is 30.5 Å². The first-order chi connectivity index (χ1) is 8.42. The normalized spacial score (nSPS) is 22.9. The van der Waals surface area contributed by atoms with Crippen LogP contribution in [0.15, 0.2) is 18.2 Å². The summed E-state index contributed by atoms with van der Waals surface area (Å²) in [6.07, 6.45) is 3.54. The van der Waals surface area contributed by atoms with E-state index in [1.165, 1.54) is 24.1 Å². The molecule has 1 aromatic rings. The molecule has 2 heterocycles. The van der Waals surface area contributed by atoms with Gasteiger partial charge in [0.15, 0.2) is 0 Å². The third-order valence-electron chi connectivity index (χ3n) is 3.53. The molecule has 2 aliphatic rings. The Bertz CT molecular complexity index is 386. The minimum atomic E-state index is 0.569. The number of benzene rings is 1. The highest BCUT2D eigenvalue weighted by Crippen LogP contribution is 2.27. The maximum atomic E-state index is 5.84. The Morgan fingerprint density at radius 1 is 1.41 bits per heavy atom. The summed E-state index contributed by atoms with van der Waals surface area (Å²) in [5.41, 5.74) is 2.66. The fraction of sp³-hybridized carbons (Fsp3) is 0.571. The molecule has 92 valence electrons. The van der Waals surface area contributed by atoms with Crippen molar-refractivity contribution in [2.75, 3.05) is 31.7 Å². The average Bonchev–Trinajstić information content (AvgIpc) is 2.89. The molecule has 0 bridgehead atoms. The first kappa shape index (κ1) is 10.9. The number of aryl methyl sites for hydroxylation is 1. The summed E-state index contributed by atoms with van der Waals surface area (Å²) in [6, 6.07) is 6.40. The van der Waals surface area contributed by atoms with Crippen molar-refractivity contribution in [1.82, 2.24) is 0 Å². The lowest BCUT2D eigenvalue weighted by atomic mass is 10.0. The minimum absolute atomic E-state index is 0.569. The first-order valence-corrected chi connectivity index (χ1v) is 6.49. The van der Waals surface area contributed by atoms with Gasteiger partial charge in [-0.3, -0.25) is 0 Å².